The normalized spacial score (nSPS) is 14.6. The number of aromatic nitrogens is 1. The number of sulfonamides is 1. The highest BCUT2D eigenvalue weighted by Crippen LogP contribution is 2.29. The minimum atomic E-state index is -3.62. The van der Waals surface area contributed by atoms with Crippen LogP contribution in [0.25, 0.3) is 0 Å². The molecule has 1 aromatic heterocycles. The van der Waals surface area contributed by atoms with E-state index in [0.717, 1.165) is 23.9 Å². The van der Waals surface area contributed by atoms with Crippen LogP contribution in [0.1, 0.15) is 18.5 Å². The number of rotatable bonds is 8. The van der Waals surface area contributed by atoms with Crippen molar-refractivity contribution in [2.75, 3.05) is 38.8 Å². The Morgan fingerprint density at radius 1 is 1.19 bits per heavy atom. The predicted molar refractivity (Wildman–Crippen MR) is 102 cm³/mol. The van der Waals surface area contributed by atoms with E-state index < -0.39 is 10.0 Å². The first-order chi connectivity index (χ1) is 12.5. The van der Waals surface area contributed by atoms with Crippen LogP contribution in [0.4, 0.5) is 5.13 Å². The van der Waals surface area contributed by atoms with Gasteiger partial charge in [0.1, 0.15) is 0 Å². The van der Waals surface area contributed by atoms with Crippen LogP contribution in [0.15, 0.2) is 28.5 Å². The van der Waals surface area contributed by atoms with Crippen molar-refractivity contribution in [3.63, 3.8) is 0 Å². The summed E-state index contributed by atoms with van der Waals surface area (Å²) in [5.74, 6) is 0.869. The first kappa shape index (κ1) is 18.9. The number of thiazole rings is 1. The van der Waals surface area contributed by atoms with E-state index >= 15 is 0 Å². The van der Waals surface area contributed by atoms with Gasteiger partial charge >= 0.3 is 0 Å². The molecule has 0 aliphatic carbocycles. The third-order valence-corrected chi connectivity index (χ3v) is 6.66. The topological polar surface area (TPSA) is 80.8 Å². The molecule has 0 spiro atoms. The van der Waals surface area contributed by atoms with Crippen molar-refractivity contribution < 1.29 is 17.9 Å². The second kappa shape index (κ2) is 8.24. The van der Waals surface area contributed by atoms with Crippen molar-refractivity contribution in [2.24, 2.45) is 0 Å². The van der Waals surface area contributed by atoms with Crippen molar-refractivity contribution in [2.45, 2.75) is 24.2 Å². The number of hydrogen-bond donors (Lipinski definition) is 1. The van der Waals surface area contributed by atoms with Gasteiger partial charge in [0.2, 0.25) is 10.0 Å². The van der Waals surface area contributed by atoms with Crippen molar-refractivity contribution in [3.8, 4) is 11.5 Å². The Morgan fingerprint density at radius 2 is 1.92 bits per heavy atom. The standard InChI is InChI=1S/C17H23N3O4S2/c1-23-15-6-5-14(11-16(15)24-2)26(21,22)18-8-7-13-12-25-17(19-13)20-9-3-4-10-20/h5-6,11-12,18H,3-4,7-10H2,1-2H3. The van der Waals surface area contributed by atoms with E-state index in [1.165, 1.54) is 39.2 Å². The second-order valence-corrected chi connectivity index (χ2v) is 8.58. The Hall–Kier alpha value is -1.84. The first-order valence-electron chi connectivity index (χ1n) is 8.44. The molecule has 2 aromatic rings. The van der Waals surface area contributed by atoms with Gasteiger partial charge < -0.3 is 14.4 Å². The van der Waals surface area contributed by atoms with E-state index in [1.807, 2.05) is 5.38 Å². The number of anilines is 1. The van der Waals surface area contributed by atoms with Gasteiger partial charge in [-0.25, -0.2) is 18.1 Å². The van der Waals surface area contributed by atoms with Gasteiger partial charge in [0.25, 0.3) is 0 Å². The lowest BCUT2D eigenvalue weighted by Crippen LogP contribution is -2.26. The summed E-state index contributed by atoms with van der Waals surface area (Å²) in [6, 6.07) is 4.53. The molecule has 9 heteroatoms. The maximum absolute atomic E-state index is 12.5. The molecule has 142 valence electrons. The first-order valence-corrected chi connectivity index (χ1v) is 10.8. The molecule has 0 bridgehead atoms. The highest BCUT2D eigenvalue weighted by Gasteiger charge is 2.18. The van der Waals surface area contributed by atoms with Gasteiger partial charge in [0.05, 0.1) is 24.8 Å². The monoisotopic (exact) mass is 397 g/mol. The molecule has 0 atom stereocenters. The zero-order valence-electron chi connectivity index (χ0n) is 14.9. The average Bonchev–Trinajstić information content (AvgIpc) is 3.32. The minimum absolute atomic E-state index is 0.145. The third kappa shape index (κ3) is 4.28. The Kier molecular flexibility index (Phi) is 6.00. The van der Waals surface area contributed by atoms with Crippen LogP contribution in [0.3, 0.4) is 0 Å². The minimum Gasteiger partial charge on any atom is -0.493 e. The van der Waals surface area contributed by atoms with Crippen LogP contribution < -0.4 is 19.1 Å². The molecule has 0 radical (unpaired) electrons. The Balaban J connectivity index is 1.60. The van der Waals surface area contributed by atoms with Gasteiger partial charge in [-0.1, -0.05) is 0 Å². The van der Waals surface area contributed by atoms with Gasteiger partial charge in [-0.2, -0.15) is 0 Å². The van der Waals surface area contributed by atoms with Gasteiger partial charge in [-0.3, -0.25) is 0 Å². The number of benzene rings is 1. The van der Waals surface area contributed by atoms with Crippen LogP contribution in [0.2, 0.25) is 0 Å². The fourth-order valence-corrected chi connectivity index (χ4v) is 4.81. The van der Waals surface area contributed by atoms with E-state index in [0.29, 0.717) is 24.5 Å². The fourth-order valence-electron chi connectivity index (χ4n) is 2.85. The molecule has 26 heavy (non-hydrogen) atoms. The zero-order valence-corrected chi connectivity index (χ0v) is 16.5. The predicted octanol–water partition coefficient (Wildman–Crippen LogP) is 2.28. The molecule has 3 rings (SSSR count). The number of nitrogens with one attached hydrogen (secondary N) is 1. The molecule has 0 saturated carbocycles. The van der Waals surface area contributed by atoms with Crippen LogP contribution in [-0.2, 0) is 16.4 Å². The molecule has 1 N–H and O–H groups in total. The summed E-state index contributed by atoms with van der Waals surface area (Å²) in [6.07, 6.45) is 2.97. The van der Waals surface area contributed by atoms with E-state index in [-0.39, 0.29) is 4.90 Å². The Labute approximate surface area is 158 Å². The number of nitrogens with zero attached hydrogens (tertiary/aromatic N) is 2. The van der Waals surface area contributed by atoms with Crippen LogP contribution in [0, 0.1) is 0 Å². The molecule has 1 aliphatic rings. The van der Waals surface area contributed by atoms with Gasteiger partial charge in [-0.05, 0) is 25.0 Å². The highest BCUT2D eigenvalue weighted by molar-refractivity contribution is 7.89. The summed E-state index contributed by atoms with van der Waals surface area (Å²) in [5.41, 5.74) is 0.909. The molecule has 1 saturated heterocycles. The van der Waals surface area contributed by atoms with E-state index in [4.69, 9.17) is 9.47 Å². The van der Waals surface area contributed by atoms with Crippen LogP contribution in [-0.4, -0.2) is 47.3 Å². The van der Waals surface area contributed by atoms with E-state index in [1.54, 1.807) is 17.4 Å². The van der Waals surface area contributed by atoms with Crippen molar-refractivity contribution in [1.82, 2.24) is 9.71 Å². The lowest BCUT2D eigenvalue weighted by molar-refractivity contribution is 0.354. The molecule has 1 fully saturated rings. The molecule has 1 aliphatic heterocycles. The zero-order chi connectivity index (χ0) is 18.6. The van der Waals surface area contributed by atoms with Crippen LogP contribution >= 0.6 is 11.3 Å². The highest BCUT2D eigenvalue weighted by atomic mass is 32.2. The van der Waals surface area contributed by atoms with Crippen LogP contribution in [0.5, 0.6) is 11.5 Å². The lowest BCUT2D eigenvalue weighted by atomic mass is 10.3. The quantitative estimate of drug-likeness (QED) is 0.736. The molecule has 1 aromatic carbocycles. The maximum Gasteiger partial charge on any atom is 0.240 e. The molecule has 0 unspecified atom stereocenters. The smallest absolute Gasteiger partial charge is 0.240 e. The van der Waals surface area contributed by atoms with Gasteiger partial charge in [0, 0.05) is 37.5 Å². The Bertz CT molecular complexity index is 845. The fraction of sp³-hybridized carbons (Fsp3) is 0.471. The summed E-state index contributed by atoms with van der Waals surface area (Å²) < 4.78 is 37.9. The van der Waals surface area contributed by atoms with Gasteiger partial charge in [0.15, 0.2) is 16.6 Å². The number of ether oxygens (including phenoxy) is 2. The SMILES string of the molecule is COc1ccc(S(=O)(=O)NCCc2csc(N3CCCC3)n2)cc1OC. The second-order valence-electron chi connectivity index (χ2n) is 5.98. The Morgan fingerprint density at radius 3 is 2.62 bits per heavy atom. The van der Waals surface area contributed by atoms with Gasteiger partial charge in [-0.15, -0.1) is 11.3 Å². The maximum atomic E-state index is 12.5. The molecule has 2 heterocycles. The average molecular weight is 398 g/mol. The summed E-state index contributed by atoms with van der Waals surface area (Å²) >= 11 is 1.62. The summed E-state index contributed by atoms with van der Waals surface area (Å²) in [4.78, 5) is 7.03. The molecular weight excluding hydrogens is 374 g/mol. The summed E-state index contributed by atoms with van der Waals surface area (Å²) in [7, 11) is -0.635. The lowest BCUT2D eigenvalue weighted by Gasteiger charge is -2.12. The number of methoxy groups -OCH3 is 2. The summed E-state index contributed by atoms with van der Waals surface area (Å²) in [6.45, 7) is 2.40. The van der Waals surface area contributed by atoms with Crippen molar-refractivity contribution >= 4 is 26.5 Å². The van der Waals surface area contributed by atoms with E-state index in [9.17, 15) is 8.42 Å². The van der Waals surface area contributed by atoms with Crippen molar-refractivity contribution in [3.05, 3.63) is 29.3 Å². The molecule has 0 amide bonds. The van der Waals surface area contributed by atoms with Crippen molar-refractivity contribution in [1.29, 1.82) is 0 Å². The molecular formula is C17H23N3O4S2. The third-order valence-electron chi connectivity index (χ3n) is 4.25. The largest absolute Gasteiger partial charge is 0.493 e. The number of hydrogen-bond acceptors (Lipinski definition) is 7. The molecule has 7 nitrogen and oxygen atoms in total. The summed E-state index contributed by atoms with van der Waals surface area (Å²) in [5, 5.41) is 3.03. The van der Waals surface area contributed by atoms with E-state index in [2.05, 4.69) is 14.6 Å².